The monoisotopic (exact) mass is 468 g/mol. The fourth-order valence-corrected chi connectivity index (χ4v) is 5.02. The first kappa shape index (κ1) is 23.3. The molecule has 0 bridgehead atoms. The predicted octanol–water partition coefficient (Wildman–Crippen LogP) is 4.02. The Balaban J connectivity index is 1.44. The summed E-state index contributed by atoms with van der Waals surface area (Å²) in [5, 5.41) is 18.8. The number of nitrogens with two attached hydrogens (primary N) is 1. The average Bonchev–Trinajstić information content (AvgIpc) is 2.84. The summed E-state index contributed by atoms with van der Waals surface area (Å²) in [5.74, 6) is 1.58. The number of hydrogen-bond acceptors (Lipinski definition) is 6. The van der Waals surface area contributed by atoms with Crippen LogP contribution in [0.4, 0.5) is 5.82 Å². The van der Waals surface area contributed by atoms with Gasteiger partial charge >= 0.3 is 0 Å². The number of hydrogen-bond donors (Lipinski definition) is 2. The summed E-state index contributed by atoms with van der Waals surface area (Å²) >= 11 is 6.12. The van der Waals surface area contributed by atoms with E-state index in [-0.39, 0.29) is 18.6 Å². The quantitative estimate of drug-likeness (QED) is 0.662. The van der Waals surface area contributed by atoms with E-state index in [1.807, 2.05) is 6.07 Å². The summed E-state index contributed by atoms with van der Waals surface area (Å²) in [6, 6.07) is 10.9. The summed E-state index contributed by atoms with van der Waals surface area (Å²) in [5.41, 5.74) is 7.38. The highest BCUT2D eigenvalue weighted by molar-refractivity contribution is 6.31. The van der Waals surface area contributed by atoms with Crippen molar-refractivity contribution < 1.29 is 14.6 Å². The first-order valence-corrected chi connectivity index (χ1v) is 11.9. The fourth-order valence-electron chi connectivity index (χ4n) is 4.81. The van der Waals surface area contributed by atoms with Crippen LogP contribution in [0.25, 0.3) is 0 Å². The number of carbonyl (C=O) groups is 1. The number of carbonyl (C=O) groups excluding carboxylic acids is 1. The van der Waals surface area contributed by atoms with E-state index in [0.717, 1.165) is 63.1 Å². The van der Waals surface area contributed by atoms with Crippen LogP contribution in [0.15, 0.2) is 30.3 Å². The van der Waals surface area contributed by atoms with Crippen molar-refractivity contribution >= 4 is 23.3 Å². The number of anilines is 1. The summed E-state index contributed by atoms with van der Waals surface area (Å²) in [6.45, 7) is 1.93. The van der Waals surface area contributed by atoms with Gasteiger partial charge in [-0.25, -0.2) is 4.98 Å². The normalized spacial score (nSPS) is 21.4. The van der Waals surface area contributed by atoms with E-state index in [0.29, 0.717) is 27.8 Å². The van der Waals surface area contributed by atoms with Gasteiger partial charge in [0.25, 0.3) is 5.91 Å². The van der Waals surface area contributed by atoms with Crippen LogP contribution in [0.3, 0.4) is 0 Å². The van der Waals surface area contributed by atoms with Crippen LogP contribution >= 0.6 is 11.6 Å². The van der Waals surface area contributed by atoms with Gasteiger partial charge in [0.15, 0.2) is 0 Å². The Bertz CT molecular complexity index is 1040. The maximum atomic E-state index is 12.1. The van der Waals surface area contributed by atoms with E-state index in [2.05, 4.69) is 11.0 Å². The summed E-state index contributed by atoms with van der Waals surface area (Å²) in [4.78, 5) is 19.2. The van der Waals surface area contributed by atoms with Crippen molar-refractivity contribution in [3.63, 3.8) is 0 Å². The van der Waals surface area contributed by atoms with Crippen molar-refractivity contribution in [2.75, 3.05) is 24.6 Å². The Hall–Kier alpha value is -2.82. The highest BCUT2D eigenvalue weighted by Crippen LogP contribution is 2.37. The van der Waals surface area contributed by atoms with Crippen LogP contribution in [-0.2, 0) is 0 Å². The second-order valence-electron chi connectivity index (χ2n) is 8.92. The molecule has 2 aliphatic rings. The van der Waals surface area contributed by atoms with Crippen molar-refractivity contribution in [3.8, 4) is 11.8 Å². The molecule has 1 amide bonds. The fraction of sp³-hybridized carbons (Fsp3) is 0.480. The summed E-state index contributed by atoms with van der Waals surface area (Å²) in [7, 11) is 0. The SMILES string of the molecule is N#Cc1ccc(OC2CCC(c3nc(N4CCC(CO)CC4)ccc3C(N)=O)CC2)cc1Cl. The van der Waals surface area contributed by atoms with E-state index in [1.54, 1.807) is 24.3 Å². The van der Waals surface area contributed by atoms with E-state index in [4.69, 9.17) is 32.3 Å². The number of aliphatic hydroxyl groups is 1. The van der Waals surface area contributed by atoms with Gasteiger partial charge in [-0.15, -0.1) is 0 Å². The van der Waals surface area contributed by atoms with Crippen molar-refractivity contribution in [2.45, 2.75) is 50.5 Å². The Morgan fingerprint density at radius 3 is 2.52 bits per heavy atom. The van der Waals surface area contributed by atoms with Crippen LogP contribution in [0.1, 0.15) is 66.1 Å². The lowest BCUT2D eigenvalue weighted by Gasteiger charge is -2.33. The Morgan fingerprint density at radius 2 is 1.91 bits per heavy atom. The molecule has 1 aromatic carbocycles. The summed E-state index contributed by atoms with van der Waals surface area (Å²) < 4.78 is 6.10. The van der Waals surface area contributed by atoms with E-state index >= 15 is 0 Å². The number of amides is 1. The van der Waals surface area contributed by atoms with E-state index in [1.165, 1.54) is 0 Å². The van der Waals surface area contributed by atoms with Crippen LogP contribution in [0.2, 0.25) is 5.02 Å². The molecule has 174 valence electrons. The lowest BCUT2D eigenvalue weighted by molar-refractivity contribution is 0.0997. The van der Waals surface area contributed by atoms with Crippen LogP contribution in [-0.4, -0.2) is 41.8 Å². The molecule has 2 heterocycles. The number of primary amides is 1. The van der Waals surface area contributed by atoms with Crippen molar-refractivity contribution in [3.05, 3.63) is 52.2 Å². The Morgan fingerprint density at radius 1 is 1.18 bits per heavy atom. The molecule has 1 saturated carbocycles. The lowest BCUT2D eigenvalue weighted by atomic mass is 9.83. The van der Waals surface area contributed by atoms with E-state index < -0.39 is 5.91 Å². The average molecular weight is 469 g/mol. The number of nitriles is 1. The number of aromatic nitrogens is 1. The zero-order chi connectivity index (χ0) is 23.4. The predicted molar refractivity (Wildman–Crippen MR) is 127 cm³/mol. The van der Waals surface area contributed by atoms with Gasteiger partial charge in [-0.2, -0.15) is 5.26 Å². The van der Waals surface area contributed by atoms with Crippen LogP contribution in [0, 0.1) is 17.2 Å². The molecule has 0 unspecified atom stereocenters. The molecule has 2 fully saturated rings. The van der Waals surface area contributed by atoms with Gasteiger partial charge in [0.05, 0.1) is 27.9 Å². The molecule has 7 nitrogen and oxygen atoms in total. The number of piperidine rings is 1. The van der Waals surface area contributed by atoms with Gasteiger partial charge in [-0.05, 0) is 68.7 Å². The molecular formula is C25H29ClN4O3. The number of nitrogens with zero attached hydrogens (tertiary/aromatic N) is 3. The first-order valence-electron chi connectivity index (χ1n) is 11.5. The van der Waals surface area contributed by atoms with Gasteiger partial charge in [-0.3, -0.25) is 4.79 Å². The Labute approximate surface area is 199 Å². The molecule has 1 aliphatic heterocycles. The van der Waals surface area contributed by atoms with Crippen molar-refractivity contribution in [1.82, 2.24) is 4.98 Å². The van der Waals surface area contributed by atoms with Gasteiger partial charge in [0.1, 0.15) is 17.6 Å². The molecule has 4 rings (SSSR count). The maximum Gasteiger partial charge on any atom is 0.250 e. The Kier molecular flexibility index (Phi) is 7.36. The van der Waals surface area contributed by atoms with E-state index in [9.17, 15) is 9.90 Å². The van der Waals surface area contributed by atoms with Gasteiger partial charge in [0, 0.05) is 31.7 Å². The topological polar surface area (TPSA) is 112 Å². The van der Waals surface area contributed by atoms with Crippen LogP contribution < -0.4 is 15.4 Å². The molecule has 0 atom stereocenters. The largest absolute Gasteiger partial charge is 0.490 e. The minimum atomic E-state index is -0.450. The molecule has 0 radical (unpaired) electrons. The molecule has 8 heteroatoms. The number of halogens is 1. The zero-order valence-electron chi connectivity index (χ0n) is 18.5. The third-order valence-electron chi connectivity index (χ3n) is 6.80. The zero-order valence-corrected chi connectivity index (χ0v) is 19.3. The van der Waals surface area contributed by atoms with Gasteiger partial charge in [-0.1, -0.05) is 11.6 Å². The molecule has 0 spiro atoms. The first-order chi connectivity index (χ1) is 16.0. The summed E-state index contributed by atoms with van der Waals surface area (Å²) in [6.07, 6.45) is 5.27. The second-order valence-corrected chi connectivity index (χ2v) is 9.33. The minimum Gasteiger partial charge on any atom is -0.490 e. The molecule has 3 N–H and O–H groups in total. The molecule has 1 saturated heterocycles. The van der Waals surface area contributed by atoms with Crippen LogP contribution in [0.5, 0.6) is 5.75 Å². The molecular weight excluding hydrogens is 440 g/mol. The maximum absolute atomic E-state index is 12.1. The number of rotatable bonds is 6. The smallest absolute Gasteiger partial charge is 0.250 e. The standard InChI is InChI=1S/C25H29ClN4O3/c26-22-13-20(6-3-18(22)14-27)33-19-4-1-17(2-5-19)24-21(25(28)32)7-8-23(29-24)30-11-9-16(15-31)10-12-30/h3,6-8,13,16-17,19,31H,1-2,4-5,9-12,15H2,(H2,28,32). The second kappa shape index (κ2) is 10.4. The highest BCUT2D eigenvalue weighted by Gasteiger charge is 2.29. The number of aliphatic hydroxyl groups excluding tert-OH is 1. The van der Waals surface area contributed by atoms with Crippen molar-refractivity contribution in [2.24, 2.45) is 11.7 Å². The third-order valence-corrected chi connectivity index (χ3v) is 7.11. The number of ether oxygens (including phenoxy) is 1. The molecule has 33 heavy (non-hydrogen) atoms. The number of pyridine rings is 1. The minimum absolute atomic E-state index is 0.0444. The lowest BCUT2D eigenvalue weighted by Crippen LogP contribution is -2.35. The molecule has 2 aromatic rings. The van der Waals surface area contributed by atoms with Crippen molar-refractivity contribution in [1.29, 1.82) is 5.26 Å². The number of benzene rings is 1. The van der Waals surface area contributed by atoms with Gasteiger partial charge < -0.3 is 20.5 Å². The highest BCUT2D eigenvalue weighted by atomic mass is 35.5. The third kappa shape index (κ3) is 5.40. The molecule has 1 aliphatic carbocycles. The van der Waals surface area contributed by atoms with Gasteiger partial charge in [0.2, 0.25) is 0 Å². The molecule has 1 aromatic heterocycles.